The van der Waals surface area contributed by atoms with Crippen molar-refractivity contribution in [2.24, 2.45) is 16.5 Å². The van der Waals surface area contributed by atoms with Gasteiger partial charge in [-0.1, -0.05) is 78.1 Å². The molecule has 0 aromatic heterocycles. The van der Waals surface area contributed by atoms with E-state index in [-0.39, 0.29) is 23.4 Å². The first-order valence-corrected chi connectivity index (χ1v) is 10.2. The van der Waals surface area contributed by atoms with Crippen molar-refractivity contribution in [3.63, 3.8) is 0 Å². The lowest BCUT2D eigenvalue weighted by molar-refractivity contribution is 0.135. The van der Waals surface area contributed by atoms with Crippen LogP contribution in [0.1, 0.15) is 49.4 Å². The molecule has 4 atom stereocenters. The molecule has 1 aliphatic carbocycles. The molecular weight excluding hydrogens is 379 g/mol. The minimum Gasteiger partial charge on any atom is -0.399 e. The Morgan fingerprint density at radius 3 is 2.30 bits per heavy atom. The molecule has 2 aromatic rings. The SMILES string of the molecule is CO/N=C1\C2CCCC1(C)C(c1ccccc1Cl)NC2c1ccccc1Cl. The predicted octanol–water partition coefficient (Wildman–Crippen LogP) is 6.19. The molecule has 2 aromatic carbocycles. The molecule has 142 valence electrons. The molecule has 1 saturated heterocycles. The summed E-state index contributed by atoms with van der Waals surface area (Å²) in [6.45, 7) is 2.28. The summed E-state index contributed by atoms with van der Waals surface area (Å²) in [6.07, 6.45) is 3.26. The summed E-state index contributed by atoms with van der Waals surface area (Å²) >= 11 is 13.2. The van der Waals surface area contributed by atoms with Gasteiger partial charge in [-0.25, -0.2) is 0 Å². The zero-order valence-corrected chi connectivity index (χ0v) is 17.1. The largest absolute Gasteiger partial charge is 0.399 e. The van der Waals surface area contributed by atoms with Crippen molar-refractivity contribution < 1.29 is 4.84 Å². The summed E-state index contributed by atoms with van der Waals surface area (Å²) < 4.78 is 0. The molecule has 3 nitrogen and oxygen atoms in total. The fourth-order valence-electron chi connectivity index (χ4n) is 4.92. The van der Waals surface area contributed by atoms with Gasteiger partial charge in [0.05, 0.1) is 5.71 Å². The van der Waals surface area contributed by atoms with Gasteiger partial charge in [0.15, 0.2) is 0 Å². The molecular formula is C22H24Cl2N2O. The Hall–Kier alpha value is -1.55. The molecule has 0 amide bonds. The van der Waals surface area contributed by atoms with Crippen LogP contribution >= 0.6 is 23.2 Å². The third-order valence-corrected chi connectivity index (χ3v) is 6.87. The van der Waals surface area contributed by atoms with E-state index in [0.29, 0.717) is 0 Å². The lowest BCUT2D eigenvalue weighted by Gasteiger charge is -2.53. The van der Waals surface area contributed by atoms with E-state index in [0.717, 1.165) is 46.1 Å². The highest BCUT2D eigenvalue weighted by molar-refractivity contribution is 6.31. The van der Waals surface area contributed by atoms with Gasteiger partial charge in [0, 0.05) is 33.5 Å². The number of halogens is 2. The highest BCUT2D eigenvalue weighted by atomic mass is 35.5. The van der Waals surface area contributed by atoms with Crippen LogP contribution in [0, 0.1) is 11.3 Å². The van der Waals surface area contributed by atoms with Gasteiger partial charge in [0.2, 0.25) is 0 Å². The molecule has 1 heterocycles. The van der Waals surface area contributed by atoms with Crippen molar-refractivity contribution in [3.05, 3.63) is 69.7 Å². The number of nitrogens with one attached hydrogen (secondary N) is 1. The Labute approximate surface area is 170 Å². The zero-order valence-electron chi connectivity index (χ0n) is 15.6. The maximum atomic E-state index is 6.61. The fourth-order valence-corrected chi connectivity index (χ4v) is 5.42. The van der Waals surface area contributed by atoms with Crippen LogP contribution in [0.25, 0.3) is 0 Å². The maximum absolute atomic E-state index is 6.61. The highest BCUT2D eigenvalue weighted by Crippen LogP contribution is 2.55. The van der Waals surface area contributed by atoms with Gasteiger partial charge in [-0.3, -0.25) is 0 Å². The summed E-state index contributed by atoms with van der Waals surface area (Å²) in [6, 6.07) is 16.2. The van der Waals surface area contributed by atoms with Gasteiger partial charge in [-0.15, -0.1) is 0 Å². The van der Waals surface area contributed by atoms with Gasteiger partial charge in [0.1, 0.15) is 7.11 Å². The standard InChI is InChI=1S/C22H24Cl2N2O/c1-22-13-7-10-16(21(22)26-27-2)19(14-8-3-5-11-17(14)23)25-20(22)15-9-4-6-12-18(15)24/h3-6,8-9,11-12,16,19-20,25H,7,10,13H2,1-2H3/b26-21+. The van der Waals surface area contributed by atoms with Crippen LogP contribution < -0.4 is 5.32 Å². The van der Waals surface area contributed by atoms with E-state index in [1.165, 1.54) is 0 Å². The molecule has 0 radical (unpaired) electrons. The third kappa shape index (κ3) is 3.16. The average molecular weight is 403 g/mol. The maximum Gasteiger partial charge on any atom is 0.106 e. The molecule has 5 heteroatoms. The van der Waals surface area contributed by atoms with E-state index >= 15 is 0 Å². The summed E-state index contributed by atoms with van der Waals surface area (Å²) in [5.74, 6) is 0.252. The minimum atomic E-state index is -0.151. The van der Waals surface area contributed by atoms with E-state index in [1.54, 1.807) is 7.11 Å². The molecule has 27 heavy (non-hydrogen) atoms. The molecule has 1 saturated carbocycles. The Balaban J connectivity index is 1.88. The molecule has 4 unspecified atom stereocenters. The van der Waals surface area contributed by atoms with Crippen molar-refractivity contribution in [2.45, 2.75) is 38.3 Å². The molecule has 2 fully saturated rings. The first-order chi connectivity index (χ1) is 13.1. The average Bonchev–Trinajstić information content (AvgIpc) is 2.65. The van der Waals surface area contributed by atoms with E-state index in [4.69, 9.17) is 28.0 Å². The Kier molecular flexibility index (Phi) is 5.19. The minimum absolute atomic E-state index is 0.0397. The van der Waals surface area contributed by atoms with Gasteiger partial charge < -0.3 is 10.2 Å². The number of oxime groups is 1. The number of piperidine rings is 1. The predicted molar refractivity (Wildman–Crippen MR) is 111 cm³/mol. The van der Waals surface area contributed by atoms with Gasteiger partial charge in [-0.2, -0.15) is 0 Å². The molecule has 2 aliphatic rings. The van der Waals surface area contributed by atoms with Crippen molar-refractivity contribution in [1.29, 1.82) is 0 Å². The fraction of sp³-hybridized carbons (Fsp3) is 0.409. The normalized spacial score (nSPS) is 31.7. The van der Waals surface area contributed by atoms with Crippen molar-refractivity contribution in [3.8, 4) is 0 Å². The summed E-state index contributed by atoms with van der Waals surface area (Å²) in [5.41, 5.74) is 3.17. The Morgan fingerprint density at radius 1 is 1.04 bits per heavy atom. The van der Waals surface area contributed by atoms with E-state index in [2.05, 4.69) is 29.5 Å². The van der Waals surface area contributed by atoms with Gasteiger partial charge in [0.25, 0.3) is 0 Å². The number of nitrogens with zero attached hydrogens (tertiary/aromatic N) is 1. The molecule has 1 aliphatic heterocycles. The first kappa shape index (κ1) is 18.8. The monoisotopic (exact) mass is 402 g/mol. The summed E-state index contributed by atoms with van der Waals surface area (Å²) in [4.78, 5) is 5.31. The summed E-state index contributed by atoms with van der Waals surface area (Å²) in [5, 5.41) is 9.98. The molecule has 4 rings (SSSR count). The molecule has 1 N–H and O–H groups in total. The third-order valence-electron chi connectivity index (χ3n) is 6.18. The second-order valence-corrected chi connectivity index (χ2v) is 8.51. The van der Waals surface area contributed by atoms with E-state index in [1.807, 2.05) is 36.4 Å². The van der Waals surface area contributed by atoms with Crippen LogP contribution in [0.3, 0.4) is 0 Å². The van der Waals surface area contributed by atoms with E-state index in [9.17, 15) is 0 Å². The lowest BCUT2D eigenvalue weighted by atomic mass is 9.58. The Bertz CT molecular complexity index is 869. The second-order valence-electron chi connectivity index (χ2n) is 7.70. The number of hydrogen-bond acceptors (Lipinski definition) is 3. The Morgan fingerprint density at radius 2 is 1.67 bits per heavy atom. The van der Waals surface area contributed by atoms with Gasteiger partial charge >= 0.3 is 0 Å². The van der Waals surface area contributed by atoms with Gasteiger partial charge in [-0.05, 0) is 36.1 Å². The van der Waals surface area contributed by atoms with Crippen molar-refractivity contribution in [2.75, 3.05) is 7.11 Å². The lowest BCUT2D eigenvalue weighted by Crippen LogP contribution is -2.56. The number of rotatable bonds is 3. The van der Waals surface area contributed by atoms with Crippen LogP contribution in [-0.4, -0.2) is 12.8 Å². The topological polar surface area (TPSA) is 33.6 Å². The van der Waals surface area contributed by atoms with Crippen LogP contribution in [0.5, 0.6) is 0 Å². The first-order valence-electron chi connectivity index (χ1n) is 9.42. The number of benzene rings is 2. The second kappa shape index (κ2) is 7.46. The molecule has 0 spiro atoms. The smallest absolute Gasteiger partial charge is 0.106 e. The van der Waals surface area contributed by atoms with Crippen LogP contribution in [-0.2, 0) is 4.84 Å². The number of fused-ring (bicyclic) bond motifs is 2. The highest BCUT2D eigenvalue weighted by Gasteiger charge is 2.53. The molecule has 2 bridgehead atoms. The number of hydrogen-bond donors (Lipinski definition) is 1. The van der Waals surface area contributed by atoms with Crippen LogP contribution in [0.4, 0.5) is 0 Å². The summed E-state index contributed by atoms with van der Waals surface area (Å²) in [7, 11) is 1.63. The quantitative estimate of drug-likeness (QED) is 0.620. The van der Waals surface area contributed by atoms with Crippen molar-refractivity contribution >= 4 is 28.9 Å². The van der Waals surface area contributed by atoms with Crippen molar-refractivity contribution in [1.82, 2.24) is 5.32 Å². The zero-order chi connectivity index (χ0) is 19.0. The van der Waals surface area contributed by atoms with E-state index < -0.39 is 0 Å². The van der Waals surface area contributed by atoms with Crippen LogP contribution in [0.2, 0.25) is 10.0 Å². The van der Waals surface area contributed by atoms with Crippen LogP contribution in [0.15, 0.2) is 53.7 Å².